The first kappa shape index (κ1) is 19.8. The first-order valence-electron chi connectivity index (χ1n) is 9.83. The van der Waals surface area contributed by atoms with Crippen LogP contribution in [0.25, 0.3) is 22.0 Å². The lowest BCUT2D eigenvalue weighted by Gasteiger charge is -2.36. The van der Waals surface area contributed by atoms with Crippen molar-refractivity contribution in [2.45, 2.75) is 45.2 Å². The monoisotopic (exact) mass is 412 g/mol. The normalized spacial score (nSPS) is 16.9. The second kappa shape index (κ2) is 7.72. The highest BCUT2D eigenvalue weighted by Crippen LogP contribution is 2.37. The van der Waals surface area contributed by atoms with Gasteiger partial charge in [-0.2, -0.15) is 4.39 Å². The van der Waals surface area contributed by atoms with Gasteiger partial charge in [0.2, 0.25) is 5.91 Å². The molecular weight excluding hydrogens is 387 g/mol. The topological polar surface area (TPSA) is 61.0 Å². The van der Waals surface area contributed by atoms with Crippen molar-refractivity contribution in [3.8, 4) is 22.0 Å². The minimum atomic E-state index is -0.474. The number of anilines is 1. The van der Waals surface area contributed by atoms with E-state index in [0.717, 1.165) is 42.0 Å². The SMILES string of the molecule is CC(C)(C)N(C(=O)[C@H]1CCCN1)c1nc(-c2ccc(F)s2)[nH]c1-c1ccccc1. The number of H-pyrrole nitrogens is 1. The van der Waals surface area contributed by atoms with Gasteiger partial charge in [0, 0.05) is 11.1 Å². The molecule has 5 nitrogen and oxygen atoms in total. The number of aromatic amines is 1. The molecule has 1 aliphatic rings. The summed E-state index contributed by atoms with van der Waals surface area (Å²) in [5, 5.41) is 3.04. The van der Waals surface area contributed by atoms with Gasteiger partial charge < -0.3 is 10.3 Å². The number of halogens is 1. The summed E-state index contributed by atoms with van der Waals surface area (Å²) < 4.78 is 13.6. The van der Waals surface area contributed by atoms with Crippen molar-refractivity contribution < 1.29 is 9.18 Å². The van der Waals surface area contributed by atoms with Crippen molar-refractivity contribution in [2.75, 3.05) is 11.4 Å². The highest BCUT2D eigenvalue weighted by atomic mass is 32.1. The second-order valence-electron chi connectivity index (χ2n) is 8.25. The molecule has 3 heterocycles. The Morgan fingerprint density at radius 2 is 1.97 bits per heavy atom. The number of nitrogens with zero attached hydrogens (tertiary/aromatic N) is 2. The molecule has 1 aliphatic heterocycles. The fourth-order valence-corrected chi connectivity index (χ4v) is 4.37. The van der Waals surface area contributed by atoms with Crippen molar-refractivity contribution in [3.05, 3.63) is 47.6 Å². The number of carbonyl (C=O) groups excluding carboxylic acids is 1. The van der Waals surface area contributed by atoms with Crippen LogP contribution in [0.2, 0.25) is 0 Å². The van der Waals surface area contributed by atoms with Crippen molar-refractivity contribution >= 4 is 23.1 Å². The minimum absolute atomic E-state index is 0.0163. The Bertz CT molecular complexity index is 999. The maximum atomic E-state index is 13.6. The molecule has 0 radical (unpaired) electrons. The fraction of sp³-hybridized carbons (Fsp3) is 0.364. The van der Waals surface area contributed by atoms with E-state index in [0.29, 0.717) is 16.5 Å². The first-order valence-corrected chi connectivity index (χ1v) is 10.6. The first-order chi connectivity index (χ1) is 13.8. The fourth-order valence-electron chi connectivity index (χ4n) is 3.69. The lowest BCUT2D eigenvalue weighted by atomic mass is 10.0. The quantitative estimate of drug-likeness (QED) is 0.645. The van der Waals surface area contributed by atoms with Crippen LogP contribution in [0.1, 0.15) is 33.6 Å². The van der Waals surface area contributed by atoms with Crippen LogP contribution < -0.4 is 10.2 Å². The molecule has 0 aliphatic carbocycles. The molecule has 152 valence electrons. The molecule has 1 fully saturated rings. The third kappa shape index (κ3) is 3.97. The van der Waals surface area contributed by atoms with Crippen molar-refractivity contribution in [2.24, 2.45) is 0 Å². The van der Waals surface area contributed by atoms with Gasteiger partial charge in [0.15, 0.2) is 16.8 Å². The third-order valence-corrected chi connectivity index (χ3v) is 5.90. The predicted molar refractivity (Wildman–Crippen MR) is 116 cm³/mol. The van der Waals surface area contributed by atoms with Crippen molar-refractivity contribution in [3.63, 3.8) is 0 Å². The van der Waals surface area contributed by atoms with E-state index in [1.807, 2.05) is 51.1 Å². The molecule has 2 aromatic heterocycles. The number of amides is 1. The molecule has 2 N–H and O–H groups in total. The maximum absolute atomic E-state index is 13.6. The summed E-state index contributed by atoms with van der Waals surface area (Å²) in [7, 11) is 0. The van der Waals surface area contributed by atoms with Gasteiger partial charge in [-0.1, -0.05) is 30.3 Å². The van der Waals surface area contributed by atoms with Gasteiger partial charge in [0.25, 0.3) is 0 Å². The summed E-state index contributed by atoms with van der Waals surface area (Å²) in [5.74, 6) is 1.16. The molecule has 7 heteroatoms. The van der Waals surface area contributed by atoms with Gasteiger partial charge in [0.1, 0.15) is 0 Å². The molecule has 29 heavy (non-hydrogen) atoms. The van der Waals surface area contributed by atoms with E-state index >= 15 is 0 Å². The number of hydrogen-bond acceptors (Lipinski definition) is 4. The standard InChI is InChI=1S/C22H25FN4OS/c1-22(2,3)27(21(28)15-10-7-13-24-15)20-18(14-8-5-4-6-9-14)25-19(26-20)16-11-12-17(23)29-16/h4-6,8-9,11-12,15,24H,7,10,13H2,1-3H3,(H,25,26)/t15-/m1/s1. The molecule has 4 rings (SSSR count). The van der Waals surface area contributed by atoms with Crippen LogP contribution in [0.3, 0.4) is 0 Å². The van der Waals surface area contributed by atoms with E-state index < -0.39 is 5.54 Å². The molecule has 3 aromatic rings. The number of rotatable bonds is 4. The predicted octanol–water partition coefficient (Wildman–Crippen LogP) is 4.83. The third-order valence-electron chi connectivity index (χ3n) is 5.02. The average molecular weight is 413 g/mol. The van der Waals surface area contributed by atoms with E-state index in [2.05, 4.69) is 10.3 Å². The van der Waals surface area contributed by atoms with Crippen LogP contribution in [0.15, 0.2) is 42.5 Å². The molecule has 0 saturated carbocycles. The number of benzene rings is 1. The van der Waals surface area contributed by atoms with Gasteiger partial charge in [-0.25, -0.2) is 4.98 Å². The molecule has 1 aromatic carbocycles. The van der Waals surface area contributed by atoms with Gasteiger partial charge in [0.05, 0.1) is 16.6 Å². The number of imidazole rings is 1. The van der Waals surface area contributed by atoms with E-state index in [1.165, 1.54) is 6.07 Å². The largest absolute Gasteiger partial charge is 0.335 e. The minimum Gasteiger partial charge on any atom is -0.335 e. The van der Waals surface area contributed by atoms with E-state index in [9.17, 15) is 9.18 Å². The van der Waals surface area contributed by atoms with Gasteiger partial charge >= 0.3 is 0 Å². The Morgan fingerprint density at radius 1 is 1.21 bits per heavy atom. The van der Waals surface area contributed by atoms with Gasteiger partial charge in [-0.15, -0.1) is 11.3 Å². The lowest BCUT2D eigenvalue weighted by molar-refractivity contribution is -0.121. The van der Waals surface area contributed by atoms with Crippen LogP contribution in [-0.4, -0.2) is 34.0 Å². The number of aromatic nitrogens is 2. The van der Waals surface area contributed by atoms with E-state index in [4.69, 9.17) is 4.98 Å². The van der Waals surface area contributed by atoms with Gasteiger partial charge in [-0.05, 0) is 52.3 Å². The smallest absolute Gasteiger partial charge is 0.245 e. The molecule has 0 spiro atoms. The zero-order valence-corrected chi connectivity index (χ0v) is 17.6. The molecule has 1 saturated heterocycles. The molecule has 0 bridgehead atoms. The van der Waals surface area contributed by atoms with Crippen molar-refractivity contribution in [1.29, 1.82) is 0 Å². The molecular formula is C22H25FN4OS. The van der Waals surface area contributed by atoms with Crippen LogP contribution in [0, 0.1) is 5.13 Å². The Morgan fingerprint density at radius 3 is 2.55 bits per heavy atom. The Labute approximate surface area is 174 Å². The summed E-state index contributed by atoms with van der Waals surface area (Å²) in [6, 6.07) is 12.7. The molecule has 1 atom stereocenters. The number of nitrogens with one attached hydrogen (secondary N) is 2. The zero-order valence-electron chi connectivity index (χ0n) is 16.8. The highest BCUT2D eigenvalue weighted by Gasteiger charge is 2.37. The maximum Gasteiger partial charge on any atom is 0.245 e. The summed E-state index contributed by atoms with van der Waals surface area (Å²) in [5.41, 5.74) is 1.22. The Hall–Kier alpha value is -2.51. The van der Waals surface area contributed by atoms with Gasteiger partial charge in [-0.3, -0.25) is 9.69 Å². The number of hydrogen-bond donors (Lipinski definition) is 2. The molecule has 1 amide bonds. The lowest BCUT2D eigenvalue weighted by Crippen LogP contribution is -2.53. The van der Waals surface area contributed by atoms with E-state index in [1.54, 1.807) is 11.0 Å². The van der Waals surface area contributed by atoms with Crippen LogP contribution in [-0.2, 0) is 4.79 Å². The number of thiophene rings is 1. The van der Waals surface area contributed by atoms with Crippen LogP contribution in [0.5, 0.6) is 0 Å². The zero-order chi connectivity index (χ0) is 20.6. The summed E-state index contributed by atoms with van der Waals surface area (Å²) in [6.45, 7) is 6.87. The summed E-state index contributed by atoms with van der Waals surface area (Å²) >= 11 is 1.03. The Kier molecular flexibility index (Phi) is 5.27. The summed E-state index contributed by atoms with van der Waals surface area (Å²) in [6.07, 6.45) is 1.81. The summed E-state index contributed by atoms with van der Waals surface area (Å²) in [4.78, 5) is 24.1. The highest BCUT2D eigenvalue weighted by molar-refractivity contribution is 7.13. The van der Waals surface area contributed by atoms with Crippen LogP contribution >= 0.6 is 11.3 Å². The van der Waals surface area contributed by atoms with Crippen molar-refractivity contribution in [1.82, 2.24) is 15.3 Å². The Balaban J connectivity index is 1.86. The molecule has 0 unspecified atom stereocenters. The number of carbonyl (C=O) groups is 1. The average Bonchev–Trinajstić information content (AvgIpc) is 3.42. The van der Waals surface area contributed by atoms with E-state index in [-0.39, 0.29) is 17.1 Å². The second-order valence-corrected chi connectivity index (χ2v) is 9.28. The van der Waals surface area contributed by atoms with Crippen LogP contribution in [0.4, 0.5) is 10.2 Å².